The van der Waals surface area contributed by atoms with E-state index in [9.17, 15) is 14.9 Å². The molecule has 0 unspecified atom stereocenters. The van der Waals surface area contributed by atoms with Crippen LogP contribution in [0.3, 0.4) is 0 Å². The molecule has 0 saturated carbocycles. The minimum atomic E-state index is -0.235. The minimum Gasteiger partial charge on any atom is -0.316 e. The first kappa shape index (κ1) is 23.8. The summed E-state index contributed by atoms with van der Waals surface area (Å²) in [6.07, 6.45) is 2.96. The number of nitrogens with zero attached hydrogens (tertiary/aromatic N) is 3. The molecule has 0 spiro atoms. The van der Waals surface area contributed by atoms with Crippen molar-refractivity contribution in [1.82, 2.24) is 9.55 Å². The Morgan fingerprint density at radius 3 is 2.80 bits per heavy atom. The number of thioether (sulfide) groups is 1. The van der Waals surface area contributed by atoms with Gasteiger partial charge in [-0.3, -0.25) is 14.2 Å². The molecule has 0 fully saturated rings. The zero-order chi connectivity index (χ0) is 24.7. The number of carbonyl (C=O) groups is 1. The monoisotopic (exact) mass is 520 g/mol. The number of nitrogens with one attached hydrogen (secondary N) is 1. The van der Waals surface area contributed by atoms with E-state index >= 15 is 0 Å². The third-order valence-corrected chi connectivity index (χ3v) is 9.60. The predicted octanol–water partition coefficient (Wildman–Crippen LogP) is 5.85. The Labute approximate surface area is 215 Å². The Hall–Kier alpha value is -2.93. The van der Waals surface area contributed by atoms with Crippen LogP contribution in [0.25, 0.3) is 15.9 Å². The quantitative estimate of drug-likeness (QED) is 0.263. The molecule has 1 aliphatic rings. The average molecular weight is 521 g/mol. The molecule has 0 radical (unpaired) electrons. The number of aryl methyl sites for hydroxylation is 2. The lowest BCUT2D eigenvalue weighted by Gasteiger charge is -2.17. The topological polar surface area (TPSA) is 87.8 Å². The molecule has 1 N–H and O–H groups in total. The van der Waals surface area contributed by atoms with Crippen LogP contribution in [0.1, 0.15) is 39.8 Å². The van der Waals surface area contributed by atoms with Gasteiger partial charge in [-0.1, -0.05) is 36.9 Å². The highest BCUT2D eigenvalue weighted by Gasteiger charge is 2.25. The maximum Gasteiger partial charge on any atom is 0.267 e. The molecule has 6 nitrogen and oxygen atoms in total. The summed E-state index contributed by atoms with van der Waals surface area (Å²) in [7, 11) is 0. The van der Waals surface area contributed by atoms with E-state index in [0.717, 1.165) is 51.2 Å². The van der Waals surface area contributed by atoms with Crippen molar-refractivity contribution in [3.8, 4) is 11.8 Å². The highest BCUT2D eigenvalue weighted by molar-refractivity contribution is 7.99. The highest BCUT2D eigenvalue weighted by atomic mass is 32.2. The van der Waals surface area contributed by atoms with Crippen molar-refractivity contribution >= 4 is 55.6 Å². The van der Waals surface area contributed by atoms with Crippen molar-refractivity contribution in [3.05, 3.63) is 67.1 Å². The molecule has 0 bridgehead atoms. The van der Waals surface area contributed by atoms with Crippen LogP contribution in [0, 0.1) is 31.1 Å². The van der Waals surface area contributed by atoms with Crippen LogP contribution in [0.2, 0.25) is 0 Å². The van der Waals surface area contributed by atoms with Gasteiger partial charge in [-0.2, -0.15) is 5.26 Å². The highest BCUT2D eigenvalue weighted by Crippen LogP contribution is 2.37. The van der Waals surface area contributed by atoms with Gasteiger partial charge in [-0.25, -0.2) is 4.98 Å². The molecule has 9 heteroatoms. The first-order valence-electron chi connectivity index (χ1n) is 11.4. The Morgan fingerprint density at radius 2 is 2.06 bits per heavy atom. The van der Waals surface area contributed by atoms with Crippen molar-refractivity contribution in [3.63, 3.8) is 0 Å². The van der Waals surface area contributed by atoms with Crippen molar-refractivity contribution in [2.24, 2.45) is 5.92 Å². The third-order valence-electron chi connectivity index (χ3n) is 6.40. The van der Waals surface area contributed by atoms with E-state index in [2.05, 4.69) is 18.3 Å². The van der Waals surface area contributed by atoms with Gasteiger partial charge in [0.25, 0.3) is 5.56 Å². The number of rotatable bonds is 5. The summed E-state index contributed by atoms with van der Waals surface area (Å²) < 4.78 is 1.63. The van der Waals surface area contributed by atoms with Crippen molar-refractivity contribution in [2.45, 2.75) is 45.2 Å². The predicted molar refractivity (Wildman–Crippen MR) is 144 cm³/mol. The normalized spacial score (nSPS) is 15.1. The fourth-order valence-electron chi connectivity index (χ4n) is 4.42. The standard InChI is InChI=1S/C26H24N4O2S3/c1-14-9-10-18-20(11-14)35-24-22(18)25(32)30(17-7-5-4-6-8-17)26(29-24)33-13-21(31)28-23-19(12-27)15(2)16(3)34-23/h4-8,14H,9-11,13H2,1-3H3,(H,28,31)/t14-/m0/s1. The summed E-state index contributed by atoms with van der Waals surface area (Å²) in [6, 6.07) is 11.6. The van der Waals surface area contributed by atoms with Gasteiger partial charge in [0, 0.05) is 9.75 Å². The molecule has 0 saturated heterocycles. The van der Waals surface area contributed by atoms with Gasteiger partial charge in [0.05, 0.1) is 22.4 Å². The van der Waals surface area contributed by atoms with Crippen LogP contribution in [-0.2, 0) is 17.6 Å². The maximum atomic E-state index is 13.8. The summed E-state index contributed by atoms with van der Waals surface area (Å²) in [5, 5.41) is 14.1. The van der Waals surface area contributed by atoms with Crippen LogP contribution < -0.4 is 10.9 Å². The molecule has 1 atom stereocenters. The number of para-hydroxylation sites is 1. The lowest BCUT2D eigenvalue weighted by Crippen LogP contribution is -2.23. The third kappa shape index (κ3) is 4.42. The van der Waals surface area contributed by atoms with Gasteiger partial charge in [0.2, 0.25) is 5.91 Å². The zero-order valence-corrected chi connectivity index (χ0v) is 22.1. The van der Waals surface area contributed by atoms with Gasteiger partial charge in [-0.15, -0.1) is 22.7 Å². The summed E-state index contributed by atoms with van der Waals surface area (Å²) >= 11 is 4.25. The summed E-state index contributed by atoms with van der Waals surface area (Å²) in [5.74, 6) is 0.446. The summed E-state index contributed by atoms with van der Waals surface area (Å²) in [5.41, 5.74) is 3.20. The molecule has 1 amide bonds. The van der Waals surface area contributed by atoms with Crippen LogP contribution in [0.5, 0.6) is 0 Å². The second-order valence-electron chi connectivity index (χ2n) is 8.84. The molecular weight excluding hydrogens is 497 g/mol. The SMILES string of the molecule is Cc1sc(NC(=O)CSc2nc3sc4c(c3c(=O)n2-c2ccccc2)CC[C@H](C)C4)c(C#N)c1C. The number of nitriles is 1. The molecular formula is C26H24N4O2S3. The number of hydrogen-bond acceptors (Lipinski definition) is 7. The zero-order valence-electron chi connectivity index (χ0n) is 19.7. The fraction of sp³-hybridized carbons (Fsp3) is 0.308. The van der Waals surface area contributed by atoms with Gasteiger partial charge in [-0.05, 0) is 62.3 Å². The second-order valence-corrected chi connectivity index (χ2v) is 12.1. The van der Waals surface area contributed by atoms with Gasteiger partial charge >= 0.3 is 0 Å². The lowest BCUT2D eigenvalue weighted by molar-refractivity contribution is -0.113. The number of benzene rings is 1. The number of thiophene rings is 2. The summed E-state index contributed by atoms with van der Waals surface area (Å²) in [4.78, 5) is 34.5. The molecule has 1 aliphatic carbocycles. The van der Waals surface area contributed by atoms with Gasteiger partial charge < -0.3 is 5.32 Å². The maximum absolute atomic E-state index is 13.8. The molecule has 5 rings (SSSR count). The van der Waals surface area contributed by atoms with E-state index in [1.54, 1.807) is 15.9 Å². The first-order chi connectivity index (χ1) is 16.9. The van der Waals surface area contributed by atoms with Crippen LogP contribution >= 0.6 is 34.4 Å². The molecule has 1 aromatic carbocycles. The Kier molecular flexibility index (Phi) is 6.53. The van der Waals surface area contributed by atoms with Crippen molar-refractivity contribution in [2.75, 3.05) is 11.1 Å². The molecule has 4 aromatic rings. The second kappa shape index (κ2) is 9.61. The fourth-order valence-corrected chi connectivity index (χ4v) is 7.68. The van der Waals surface area contributed by atoms with Crippen molar-refractivity contribution in [1.29, 1.82) is 5.26 Å². The first-order valence-corrected chi connectivity index (χ1v) is 14.0. The molecule has 35 heavy (non-hydrogen) atoms. The minimum absolute atomic E-state index is 0.0764. The number of hydrogen-bond donors (Lipinski definition) is 1. The molecule has 3 aromatic heterocycles. The Balaban J connectivity index is 1.51. The van der Waals surface area contributed by atoms with Gasteiger partial charge in [0.15, 0.2) is 5.16 Å². The van der Waals surface area contributed by atoms with Crippen LogP contribution in [-0.4, -0.2) is 21.2 Å². The molecule has 0 aliphatic heterocycles. The number of carbonyl (C=O) groups excluding carboxylic acids is 1. The number of fused-ring (bicyclic) bond motifs is 3. The van der Waals surface area contributed by atoms with Gasteiger partial charge in [0.1, 0.15) is 15.9 Å². The van der Waals surface area contributed by atoms with E-state index in [1.807, 2.05) is 44.2 Å². The molecule has 178 valence electrons. The lowest BCUT2D eigenvalue weighted by atomic mass is 9.89. The van der Waals surface area contributed by atoms with E-state index in [1.165, 1.54) is 28.0 Å². The largest absolute Gasteiger partial charge is 0.316 e. The van der Waals surface area contributed by atoms with Crippen molar-refractivity contribution < 1.29 is 4.79 Å². The van der Waals surface area contributed by atoms with E-state index < -0.39 is 0 Å². The summed E-state index contributed by atoms with van der Waals surface area (Å²) in [6.45, 7) is 6.06. The van der Waals surface area contributed by atoms with Crippen LogP contribution in [0.15, 0.2) is 40.3 Å². The average Bonchev–Trinajstić information content (AvgIpc) is 3.33. The number of amides is 1. The number of aromatic nitrogens is 2. The van der Waals surface area contributed by atoms with E-state index in [-0.39, 0.29) is 17.2 Å². The van der Waals surface area contributed by atoms with Crippen LogP contribution in [0.4, 0.5) is 5.00 Å². The smallest absolute Gasteiger partial charge is 0.267 e. The Bertz CT molecular complexity index is 1540. The Morgan fingerprint density at radius 1 is 1.29 bits per heavy atom. The van der Waals surface area contributed by atoms with E-state index in [4.69, 9.17) is 4.98 Å². The number of anilines is 1. The van der Waals surface area contributed by atoms with E-state index in [0.29, 0.717) is 21.6 Å². The molecule has 3 heterocycles.